The van der Waals surface area contributed by atoms with Crippen LogP contribution in [0.3, 0.4) is 0 Å². The molecule has 0 saturated carbocycles. The molecule has 0 unspecified atom stereocenters. The number of hydrogen-bond donors (Lipinski definition) is 3. The Hall–Kier alpha value is -1.51. The Balaban J connectivity index is 2.16. The van der Waals surface area contributed by atoms with Gasteiger partial charge in [-0.3, -0.25) is 14.9 Å². The zero-order valence-corrected chi connectivity index (χ0v) is 9.83. The molecule has 0 aliphatic heterocycles. The van der Waals surface area contributed by atoms with Crippen LogP contribution in [0.25, 0.3) is 0 Å². The number of nitrogens with one attached hydrogen (secondary N) is 2. The van der Waals surface area contributed by atoms with E-state index in [-0.39, 0.29) is 26.4 Å². The molecule has 1 heterocycles. The van der Waals surface area contributed by atoms with Crippen molar-refractivity contribution >= 4 is 28.3 Å². The highest BCUT2D eigenvalue weighted by Gasteiger charge is 2.13. The molecule has 0 aromatic carbocycles. The first-order chi connectivity index (χ1) is 8.24. The van der Waals surface area contributed by atoms with Crippen molar-refractivity contribution < 1.29 is 19.4 Å². The van der Waals surface area contributed by atoms with E-state index < -0.39 is 11.8 Å². The van der Waals surface area contributed by atoms with E-state index in [1.807, 2.05) is 0 Å². The third-order valence-corrected chi connectivity index (χ3v) is 2.32. The van der Waals surface area contributed by atoms with E-state index in [9.17, 15) is 9.59 Å². The molecule has 0 aliphatic carbocycles. The maximum absolute atomic E-state index is 11.3. The lowest BCUT2D eigenvalue weighted by Crippen LogP contribution is -2.37. The van der Waals surface area contributed by atoms with Crippen molar-refractivity contribution in [3.05, 3.63) is 11.6 Å². The topological polar surface area (TPSA) is 101 Å². The molecule has 94 valence electrons. The number of anilines is 1. The lowest BCUT2D eigenvalue weighted by Gasteiger charge is -2.04. The molecule has 8 heteroatoms. The number of aliphatic hydroxyl groups is 1. The van der Waals surface area contributed by atoms with Crippen molar-refractivity contribution in [1.82, 2.24) is 10.3 Å². The highest BCUT2D eigenvalue weighted by atomic mass is 32.1. The van der Waals surface area contributed by atoms with Crippen molar-refractivity contribution in [3.63, 3.8) is 0 Å². The molecule has 1 aromatic heterocycles. The van der Waals surface area contributed by atoms with Gasteiger partial charge in [-0.15, -0.1) is 11.3 Å². The summed E-state index contributed by atoms with van der Waals surface area (Å²) in [6.45, 7) is 0.598. The standard InChI is InChI=1S/C9H13N3O4S/c13-3-5-16-4-1-10-7(14)8(15)12-9-11-2-6-17-9/h2,6,13H,1,3-5H2,(H,10,14)(H,11,12,15). The van der Waals surface area contributed by atoms with Gasteiger partial charge in [-0.25, -0.2) is 4.98 Å². The summed E-state index contributed by atoms with van der Waals surface area (Å²) in [6.07, 6.45) is 1.53. The van der Waals surface area contributed by atoms with Crippen LogP contribution in [0.5, 0.6) is 0 Å². The smallest absolute Gasteiger partial charge is 0.315 e. The fourth-order valence-electron chi connectivity index (χ4n) is 0.923. The molecule has 0 aliphatic rings. The molecular formula is C9H13N3O4S. The van der Waals surface area contributed by atoms with Gasteiger partial charge in [0.2, 0.25) is 0 Å². The van der Waals surface area contributed by atoms with E-state index in [4.69, 9.17) is 9.84 Å². The van der Waals surface area contributed by atoms with E-state index in [2.05, 4.69) is 15.6 Å². The number of thiazole rings is 1. The Morgan fingerprint density at radius 3 is 2.88 bits per heavy atom. The average Bonchev–Trinajstić information content (AvgIpc) is 2.81. The fourth-order valence-corrected chi connectivity index (χ4v) is 1.45. The maximum atomic E-state index is 11.3. The zero-order valence-electron chi connectivity index (χ0n) is 9.01. The van der Waals surface area contributed by atoms with Gasteiger partial charge in [-0.1, -0.05) is 0 Å². The van der Waals surface area contributed by atoms with Crippen LogP contribution in [0, 0.1) is 0 Å². The Labute approximate surface area is 102 Å². The van der Waals surface area contributed by atoms with E-state index in [0.29, 0.717) is 5.13 Å². The number of hydrogen-bond acceptors (Lipinski definition) is 6. The summed E-state index contributed by atoms with van der Waals surface area (Å²) in [6, 6.07) is 0. The third-order valence-electron chi connectivity index (χ3n) is 1.63. The van der Waals surface area contributed by atoms with Gasteiger partial charge in [0, 0.05) is 18.1 Å². The lowest BCUT2D eigenvalue weighted by molar-refractivity contribution is -0.136. The Morgan fingerprint density at radius 1 is 1.41 bits per heavy atom. The van der Waals surface area contributed by atoms with Gasteiger partial charge in [0.25, 0.3) is 0 Å². The van der Waals surface area contributed by atoms with Crippen LogP contribution in [0.1, 0.15) is 0 Å². The molecule has 1 rings (SSSR count). The molecule has 7 nitrogen and oxygen atoms in total. The summed E-state index contributed by atoms with van der Waals surface area (Å²) in [5.74, 6) is -1.50. The molecule has 2 amide bonds. The number of rotatable bonds is 6. The molecule has 1 aromatic rings. The van der Waals surface area contributed by atoms with E-state index >= 15 is 0 Å². The highest BCUT2D eigenvalue weighted by molar-refractivity contribution is 7.13. The van der Waals surface area contributed by atoms with Crippen LogP contribution in [0.4, 0.5) is 5.13 Å². The minimum Gasteiger partial charge on any atom is -0.394 e. The van der Waals surface area contributed by atoms with E-state index in [1.54, 1.807) is 5.38 Å². The summed E-state index contributed by atoms with van der Waals surface area (Å²) < 4.78 is 4.91. The van der Waals surface area contributed by atoms with Gasteiger partial charge in [0.1, 0.15) is 0 Å². The summed E-state index contributed by atoms with van der Waals surface area (Å²) in [4.78, 5) is 26.4. The van der Waals surface area contributed by atoms with Crippen LogP contribution in [0.15, 0.2) is 11.6 Å². The second kappa shape index (κ2) is 7.71. The predicted octanol–water partition coefficient (Wildman–Crippen LogP) is -0.793. The first kappa shape index (κ1) is 13.6. The fraction of sp³-hybridized carbons (Fsp3) is 0.444. The average molecular weight is 259 g/mol. The van der Waals surface area contributed by atoms with E-state index in [1.165, 1.54) is 17.5 Å². The number of aliphatic hydroxyl groups excluding tert-OH is 1. The number of ether oxygens (including phenoxy) is 1. The van der Waals surface area contributed by atoms with Crippen LogP contribution < -0.4 is 10.6 Å². The van der Waals surface area contributed by atoms with Gasteiger partial charge < -0.3 is 15.2 Å². The quantitative estimate of drug-likeness (QED) is 0.459. The zero-order chi connectivity index (χ0) is 12.5. The summed E-state index contributed by atoms with van der Waals surface area (Å²) in [7, 11) is 0. The van der Waals surface area contributed by atoms with Crippen molar-refractivity contribution in [1.29, 1.82) is 0 Å². The Kier molecular flexibility index (Phi) is 6.15. The minimum absolute atomic E-state index is 0.0710. The van der Waals surface area contributed by atoms with Gasteiger partial charge >= 0.3 is 11.8 Å². The number of nitrogens with zero attached hydrogens (tertiary/aromatic N) is 1. The summed E-state index contributed by atoms with van der Waals surface area (Å²) in [5.41, 5.74) is 0. The predicted molar refractivity (Wildman–Crippen MR) is 61.7 cm³/mol. The molecule has 0 spiro atoms. The van der Waals surface area contributed by atoms with E-state index in [0.717, 1.165) is 0 Å². The van der Waals surface area contributed by atoms with Crippen molar-refractivity contribution in [2.75, 3.05) is 31.7 Å². The van der Waals surface area contributed by atoms with Gasteiger partial charge in [-0.2, -0.15) is 0 Å². The second-order valence-corrected chi connectivity index (χ2v) is 3.78. The largest absolute Gasteiger partial charge is 0.394 e. The third kappa shape index (κ3) is 5.38. The molecular weight excluding hydrogens is 246 g/mol. The molecule has 0 saturated heterocycles. The normalized spacial score (nSPS) is 9.94. The minimum atomic E-state index is -0.762. The Morgan fingerprint density at radius 2 is 2.24 bits per heavy atom. The second-order valence-electron chi connectivity index (χ2n) is 2.88. The number of amides is 2. The number of aromatic nitrogens is 1. The SMILES string of the molecule is O=C(NCCOCCO)C(=O)Nc1nccs1. The van der Waals surface area contributed by atoms with Crippen molar-refractivity contribution in [3.8, 4) is 0 Å². The van der Waals surface area contributed by atoms with Crippen LogP contribution >= 0.6 is 11.3 Å². The van der Waals surface area contributed by atoms with Gasteiger partial charge in [0.15, 0.2) is 5.13 Å². The van der Waals surface area contributed by atoms with Gasteiger partial charge in [-0.05, 0) is 0 Å². The molecule has 17 heavy (non-hydrogen) atoms. The molecule has 0 radical (unpaired) electrons. The van der Waals surface area contributed by atoms with Gasteiger partial charge in [0.05, 0.1) is 19.8 Å². The van der Waals surface area contributed by atoms with Crippen LogP contribution in [0.2, 0.25) is 0 Å². The summed E-state index contributed by atoms with van der Waals surface area (Å²) in [5, 5.41) is 15.2. The molecule has 0 atom stereocenters. The number of carbonyl (C=O) groups excluding carboxylic acids is 2. The molecule has 3 N–H and O–H groups in total. The number of carbonyl (C=O) groups is 2. The molecule has 0 bridgehead atoms. The lowest BCUT2D eigenvalue weighted by atomic mass is 10.5. The molecule has 0 fully saturated rings. The summed E-state index contributed by atoms with van der Waals surface area (Å²) >= 11 is 1.23. The van der Waals surface area contributed by atoms with Crippen molar-refractivity contribution in [2.24, 2.45) is 0 Å². The van der Waals surface area contributed by atoms with Crippen molar-refractivity contribution in [2.45, 2.75) is 0 Å². The first-order valence-electron chi connectivity index (χ1n) is 4.91. The monoisotopic (exact) mass is 259 g/mol. The maximum Gasteiger partial charge on any atom is 0.315 e. The van der Waals surface area contributed by atoms with Crippen LogP contribution in [-0.4, -0.2) is 48.3 Å². The first-order valence-corrected chi connectivity index (χ1v) is 5.79. The highest BCUT2D eigenvalue weighted by Crippen LogP contribution is 2.09. The Bertz CT molecular complexity index is 355. The van der Waals surface area contributed by atoms with Crippen LogP contribution in [-0.2, 0) is 14.3 Å².